The van der Waals surface area contributed by atoms with Crippen molar-refractivity contribution in [2.45, 2.75) is 19.9 Å². The smallest absolute Gasteiger partial charge is 0.271 e. The molecule has 2 aromatic carbocycles. The van der Waals surface area contributed by atoms with E-state index in [1.807, 2.05) is 6.92 Å². The molecule has 0 aliphatic heterocycles. The summed E-state index contributed by atoms with van der Waals surface area (Å²) in [6, 6.07) is 7.99. The third-order valence-electron chi connectivity index (χ3n) is 3.18. The number of anilines is 1. The van der Waals surface area contributed by atoms with E-state index < -0.39 is 16.8 Å². The van der Waals surface area contributed by atoms with Gasteiger partial charge in [0, 0.05) is 17.7 Å². The van der Waals surface area contributed by atoms with Gasteiger partial charge in [0.05, 0.1) is 16.7 Å². The van der Waals surface area contributed by atoms with E-state index in [1.165, 1.54) is 0 Å². The Balaban J connectivity index is 2.31. The van der Waals surface area contributed by atoms with Gasteiger partial charge in [0.25, 0.3) is 5.69 Å². The van der Waals surface area contributed by atoms with Gasteiger partial charge in [-0.15, -0.1) is 0 Å². The highest BCUT2D eigenvalue weighted by atomic mass is 19.1. The number of non-ortho nitro benzene ring substituents is 1. The zero-order valence-corrected chi connectivity index (χ0v) is 11.6. The topological polar surface area (TPSA) is 75.4 Å². The molecule has 0 aromatic heterocycles. The van der Waals surface area contributed by atoms with Crippen LogP contribution in [-0.2, 0) is 0 Å². The van der Waals surface area contributed by atoms with E-state index in [0.29, 0.717) is 5.56 Å². The Morgan fingerprint density at radius 3 is 2.67 bits per heavy atom. The number of hydrogen-bond donors (Lipinski definition) is 2. The van der Waals surface area contributed by atoms with Gasteiger partial charge in [0.15, 0.2) is 0 Å². The first-order valence-corrected chi connectivity index (χ1v) is 6.38. The Bertz CT molecular complexity index is 689. The predicted octanol–water partition coefficient (Wildman–Crippen LogP) is 3.92. The number of nitrogens with one attached hydrogen (secondary N) is 1. The second-order valence-corrected chi connectivity index (χ2v) is 4.85. The predicted molar refractivity (Wildman–Crippen MR) is 77.9 cm³/mol. The second kappa shape index (κ2) is 5.78. The van der Waals surface area contributed by atoms with Crippen LogP contribution < -0.4 is 5.32 Å². The number of rotatable bonds is 4. The van der Waals surface area contributed by atoms with E-state index >= 15 is 0 Å². The molecule has 0 amide bonds. The number of phenolic OH excluding ortho intramolecular Hbond substituents is 1. The molecule has 0 saturated carbocycles. The molecule has 1 atom stereocenters. The fourth-order valence-corrected chi connectivity index (χ4v) is 2.07. The number of aryl methyl sites for hydroxylation is 1. The van der Waals surface area contributed by atoms with E-state index in [2.05, 4.69) is 5.32 Å². The summed E-state index contributed by atoms with van der Waals surface area (Å²) in [5.74, 6) is -0.494. The van der Waals surface area contributed by atoms with Gasteiger partial charge in [-0.2, -0.15) is 0 Å². The molecule has 0 radical (unpaired) electrons. The Labute approximate surface area is 121 Å². The van der Waals surface area contributed by atoms with Crippen LogP contribution in [0.4, 0.5) is 15.8 Å². The summed E-state index contributed by atoms with van der Waals surface area (Å²) in [4.78, 5) is 10.2. The van der Waals surface area contributed by atoms with Gasteiger partial charge < -0.3 is 10.4 Å². The second-order valence-electron chi connectivity index (χ2n) is 4.85. The van der Waals surface area contributed by atoms with Crippen molar-refractivity contribution in [3.63, 3.8) is 0 Å². The molecule has 2 rings (SSSR count). The van der Waals surface area contributed by atoms with Crippen molar-refractivity contribution in [3.05, 3.63) is 63.5 Å². The molecular weight excluding hydrogens is 275 g/mol. The molecule has 0 aliphatic rings. The summed E-state index contributed by atoms with van der Waals surface area (Å²) in [6.45, 7) is 3.62. The molecule has 110 valence electrons. The Morgan fingerprint density at radius 1 is 1.29 bits per heavy atom. The summed E-state index contributed by atoms with van der Waals surface area (Å²) in [6.07, 6.45) is 0. The van der Waals surface area contributed by atoms with Crippen molar-refractivity contribution in [1.29, 1.82) is 0 Å². The van der Waals surface area contributed by atoms with E-state index in [-0.39, 0.29) is 17.1 Å². The first kappa shape index (κ1) is 14.8. The van der Waals surface area contributed by atoms with Crippen LogP contribution >= 0.6 is 0 Å². The number of benzene rings is 2. The zero-order valence-electron chi connectivity index (χ0n) is 11.6. The minimum atomic E-state index is -0.584. The lowest BCUT2D eigenvalue weighted by Crippen LogP contribution is -2.09. The Kier molecular flexibility index (Phi) is 4.07. The lowest BCUT2D eigenvalue weighted by Gasteiger charge is -2.17. The van der Waals surface area contributed by atoms with Crippen LogP contribution in [0.5, 0.6) is 5.75 Å². The molecule has 2 aromatic rings. The number of nitro groups is 1. The highest BCUT2D eigenvalue weighted by molar-refractivity contribution is 5.54. The molecule has 0 aliphatic carbocycles. The largest absolute Gasteiger partial charge is 0.508 e. The minimum Gasteiger partial charge on any atom is -0.508 e. The van der Waals surface area contributed by atoms with Crippen molar-refractivity contribution in [2.24, 2.45) is 0 Å². The van der Waals surface area contributed by atoms with Gasteiger partial charge in [-0.3, -0.25) is 10.1 Å². The lowest BCUT2D eigenvalue weighted by molar-refractivity contribution is -0.384. The Hall–Kier alpha value is -2.63. The summed E-state index contributed by atoms with van der Waals surface area (Å²) in [5, 5.41) is 23.4. The van der Waals surface area contributed by atoms with Crippen molar-refractivity contribution < 1.29 is 14.4 Å². The van der Waals surface area contributed by atoms with E-state index in [1.54, 1.807) is 25.1 Å². The van der Waals surface area contributed by atoms with E-state index in [0.717, 1.165) is 23.8 Å². The average molecular weight is 290 g/mol. The van der Waals surface area contributed by atoms with Gasteiger partial charge in [-0.25, -0.2) is 4.39 Å². The number of halogens is 1. The number of aromatic hydroxyl groups is 1. The van der Waals surface area contributed by atoms with Crippen molar-refractivity contribution in [1.82, 2.24) is 0 Å². The van der Waals surface area contributed by atoms with Crippen LogP contribution in [0.25, 0.3) is 0 Å². The summed E-state index contributed by atoms with van der Waals surface area (Å²) in [5.41, 5.74) is 1.38. The number of nitrogens with zero attached hydrogens (tertiary/aromatic N) is 1. The fraction of sp³-hybridized carbons (Fsp3) is 0.200. The van der Waals surface area contributed by atoms with Gasteiger partial charge in [0.2, 0.25) is 0 Å². The first-order chi connectivity index (χ1) is 9.88. The molecule has 0 bridgehead atoms. The fourth-order valence-electron chi connectivity index (χ4n) is 2.07. The maximum Gasteiger partial charge on any atom is 0.271 e. The van der Waals surface area contributed by atoms with Crippen LogP contribution in [0.2, 0.25) is 0 Å². The highest BCUT2D eigenvalue weighted by Gasteiger charge is 2.15. The summed E-state index contributed by atoms with van der Waals surface area (Å²) < 4.78 is 13.7. The summed E-state index contributed by atoms with van der Waals surface area (Å²) in [7, 11) is 0. The standard InChI is InChI=1S/C15H15FN2O3/c1-9-3-6-15(19)12(7-9)10(2)17-14-8-11(18(20)21)4-5-13(14)16/h3-8,10,17,19H,1-2H3. The van der Waals surface area contributed by atoms with Crippen molar-refractivity contribution >= 4 is 11.4 Å². The van der Waals surface area contributed by atoms with Crippen LogP contribution in [0.3, 0.4) is 0 Å². The van der Waals surface area contributed by atoms with Gasteiger partial charge in [0.1, 0.15) is 11.6 Å². The van der Waals surface area contributed by atoms with Gasteiger partial charge in [-0.1, -0.05) is 17.7 Å². The highest BCUT2D eigenvalue weighted by Crippen LogP contribution is 2.30. The molecule has 0 spiro atoms. The molecule has 21 heavy (non-hydrogen) atoms. The van der Waals surface area contributed by atoms with E-state index in [9.17, 15) is 19.6 Å². The van der Waals surface area contributed by atoms with Crippen LogP contribution in [-0.4, -0.2) is 10.0 Å². The molecule has 0 saturated heterocycles. The minimum absolute atomic E-state index is 0.0256. The third kappa shape index (κ3) is 3.28. The van der Waals surface area contributed by atoms with Gasteiger partial charge in [-0.05, 0) is 26.0 Å². The SMILES string of the molecule is Cc1ccc(O)c(C(C)Nc2cc([N+](=O)[O-])ccc2F)c1. The third-order valence-corrected chi connectivity index (χ3v) is 3.18. The Morgan fingerprint density at radius 2 is 2.00 bits per heavy atom. The van der Waals surface area contributed by atoms with Crippen LogP contribution in [0.15, 0.2) is 36.4 Å². The maximum atomic E-state index is 13.7. The normalized spacial score (nSPS) is 12.0. The molecule has 0 fully saturated rings. The molecule has 2 N–H and O–H groups in total. The quantitative estimate of drug-likeness (QED) is 0.661. The van der Waals surface area contributed by atoms with Crippen molar-refractivity contribution in [2.75, 3.05) is 5.32 Å². The van der Waals surface area contributed by atoms with Crippen LogP contribution in [0.1, 0.15) is 24.1 Å². The maximum absolute atomic E-state index is 13.7. The molecular formula is C15H15FN2O3. The number of phenols is 1. The average Bonchev–Trinajstić information content (AvgIpc) is 2.43. The van der Waals surface area contributed by atoms with Gasteiger partial charge >= 0.3 is 0 Å². The molecule has 5 nitrogen and oxygen atoms in total. The monoisotopic (exact) mass is 290 g/mol. The summed E-state index contributed by atoms with van der Waals surface area (Å²) >= 11 is 0. The number of nitro benzene ring substituents is 1. The zero-order chi connectivity index (χ0) is 15.6. The molecule has 1 unspecified atom stereocenters. The molecule has 0 heterocycles. The van der Waals surface area contributed by atoms with E-state index in [4.69, 9.17) is 0 Å². The van der Waals surface area contributed by atoms with Crippen molar-refractivity contribution in [3.8, 4) is 5.75 Å². The molecule has 6 heteroatoms. The number of hydrogen-bond acceptors (Lipinski definition) is 4. The first-order valence-electron chi connectivity index (χ1n) is 6.38. The lowest BCUT2D eigenvalue weighted by atomic mass is 10.0. The van der Waals surface area contributed by atoms with Crippen LogP contribution in [0, 0.1) is 22.9 Å².